The van der Waals surface area contributed by atoms with E-state index in [-0.39, 0.29) is 12.0 Å². The molecule has 4 nitrogen and oxygen atoms in total. The first kappa shape index (κ1) is 10.5. The molecule has 2 aliphatic rings. The Morgan fingerprint density at radius 3 is 2.87 bits per heavy atom. The Balaban J connectivity index is 1.92. The molecule has 1 heterocycles. The van der Waals surface area contributed by atoms with Crippen LogP contribution in [-0.4, -0.2) is 35.5 Å². The summed E-state index contributed by atoms with van der Waals surface area (Å²) < 4.78 is 4.92. The first-order valence-electron chi connectivity index (χ1n) is 5.39. The topological polar surface area (TPSA) is 49.8 Å². The predicted octanol–water partition coefficient (Wildman–Crippen LogP) is 1.50. The molecule has 1 unspecified atom stereocenters. The maximum Gasteiger partial charge on any atom is 0.412 e. The van der Waals surface area contributed by atoms with Gasteiger partial charge in [-0.1, -0.05) is 19.1 Å². The van der Waals surface area contributed by atoms with Gasteiger partial charge in [-0.05, 0) is 24.7 Å². The molecule has 0 bridgehead atoms. The van der Waals surface area contributed by atoms with Crippen LogP contribution in [0.1, 0.15) is 25.7 Å². The summed E-state index contributed by atoms with van der Waals surface area (Å²) in [5.74, 6) is 0. The van der Waals surface area contributed by atoms with E-state index in [1.807, 2.05) is 0 Å². The molecule has 1 N–H and O–H groups in total. The summed E-state index contributed by atoms with van der Waals surface area (Å²) in [6.45, 7) is 4.32. The normalized spacial score (nSPS) is 27.5. The summed E-state index contributed by atoms with van der Waals surface area (Å²) >= 11 is 0. The van der Waals surface area contributed by atoms with E-state index in [0.717, 1.165) is 12.8 Å². The highest BCUT2D eigenvalue weighted by Gasteiger charge is 2.49. The molecule has 0 aromatic rings. The molecule has 2 rings (SSSR count). The van der Waals surface area contributed by atoms with E-state index in [9.17, 15) is 9.90 Å². The van der Waals surface area contributed by atoms with Crippen molar-refractivity contribution in [2.24, 2.45) is 5.41 Å². The van der Waals surface area contributed by atoms with Gasteiger partial charge < -0.3 is 9.84 Å². The SMILES string of the molecule is C=CCOC(=O)N1CC2(CCC2)CC1O. The maximum atomic E-state index is 11.5. The van der Waals surface area contributed by atoms with E-state index >= 15 is 0 Å². The molecule has 1 amide bonds. The molecule has 84 valence electrons. The van der Waals surface area contributed by atoms with E-state index in [1.165, 1.54) is 17.4 Å². The standard InChI is InChI=1S/C11H17NO3/c1-2-6-15-10(14)12-8-11(4-3-5-11)7-9(12)13/h2,9,13H,1,3-8H2. The smallest absolute Gasteiger partial charge is 0.412 e. The average Bonchev–Trinajstić information content (AvgIpc) is 2.52. The molecule has 1 saturated carbocycles. The lowest BCUT2D eigenvalue weighted by Gasteiger charge is -2.37. The fraction of sp³-hybridized carbons (Fsp3) is 0.727. The third-order valence-electron chi connectivity index (χ3n) is 3.45. The van der Waals surface area contributed by atoms with Crippen molar-refractivity contribution >= 4 is 6.09 Å². The van der Waals surface area contributed by atoms with Gasteiger partial charge in [0, 0.05) is 6.54 Å². The predicted molar refractivity (Wildman–Crippen MR) is 55.2 cm³/mol. The van der Waals surface area contributed by atoms with Crippen molar-refractivity contribution in [1.82, 2.24) is 4.90 Å². The van der Waals surface area contributed by atoms with Crippen molar-refractivity contribution in [2.45, 2.75) is 31.9 Å². The lowest BCUT2D eigenvalue weighted by Crippen LogP contribution is -2.38. The van der Waals surface area contributed by atoms with Gasteiger partial charge in [-0.2, -0.15) is 0 Å². The number of carbonyl (C=O) groups is 1. The second kappa shape index (κ2) is 3.85. The number of likely N-dealkylation sites (tertiary alicyclic amines) is 1. The van der Waals surface area contributed by atoms with E-state index in [1.54, 1.807) is 0 Å². The Hall–Kier alpha value is -1.03. The second-order valence-electron chi connectivity index (χ2n) is 4.53. The minimum atomic E-state index is -0.664. The summed E-state index contributed by atoms with van der Waals surface area (Å²) in [6, 6.07) is 0. The molecular formula is C11H17NO3. The van der Waals surface area contributed by atoms with Crippen LogP contribution in [0, 0.1) is 5.41 Å². The highest BCUT2D eigenvalue weighted by atomic mass is 16.6. The van der Waals surface area contributed by atoms with E-state index in [0.29, 0.717) is 13.0 Å². The fourth-order valence-electron chi connectivity index (χ4n) is 2.47. The van der Waals surface area contributed by atoms with Crippen LogP contribution in [0.25, 0.3) is 0 Å². The molecule has 1 saturated heterocycles. The number of nitrogens with zero attached hydrogens (tertiary/aromatic N) is 1. The van der Waals surface area contributed by atoms with Crippen LogP contribution in [0.2, 0.25) is 0 Å². The summed E-state index contributed by atoms with van der Waals surface area (Å²) in [5, 5.41) is 9.76. The molecule has 0 aromatic carbocycles. The lowest BCUT2D eigenvalue weighted by molar-refractivity contribution is 0.0284. The first-order valence-corrected chi connectivity index (χ1v) is 5.39. The van der Waals surface area contributed by atoms with Gasteiger partial charge in [-0.15, -0.1) is 0 Å². The van der Waals surface area contributed by atoms with Crippen molar-refractivity contribution in [2.75, 3.05) is 13.2 Å². The Labute approximate surface area is 89.5 Å². The highest BCUT2D eigenvalue weighted by molar-refractivity contribution is 5.68. The van der Waals surface area contributed by atoms with Gasteiger partial charge in [0.1, 0.15) is 12.8 Å². The van der Waals surface area contributed by atoms with Crippen LogP contribution in [0.5, 0.6) is 0 Å². The lowest BCUT2D eigenvalue weighted by atomic mass is 9.68. The quantitative estimate of drug-likeness (QED) is 0.704. The molecule has 1 aliphatic carbocycles. The van der Waals surface area contributed by atoms with Crippen molar-refractivity contribution < 1.29 is 14.6 Å². The Morgan fingerprint density at radius 1 is 1.67 bits per heavy atom. The minimum Gasteiger partial charge on any atom is -0.445 e. The van der Waals surface area contributed by atoms with Crippen molar-refractivity contribution in [3.63, 3.8) is 0 Å². The molecule has 2 fully saturated rings. The van der Waals surface area contributed by atoms with Gasteiger partial charge in [0.15, 0.2) is 0 Å². The van der Waals surface area contributed by atoms with Gasteiger partial charge in [-0.3, -0.25) is 4.90 Å². The van der Waals surface area contributed by atoms with Crippen LogP contribution in [-0.2, 0) is 4.74 Å². The third-order valence-corrected chi connectivity index (χ3v) is 3.45. The van der Waals surface area contributed by atoms with E-state index < -0.39 is 12.3 Å². The summed E-state index contributed by atoms with van der Waals surface area (Å²) in [6.07, 6.45) is 4.59. The molecule has 1 aliphatic heterocycles. The number of carbonyl (C=O) groups excluding carboxylic acids is 1. The minimum absolute atomic E-state index is 0.187. The Bertz CT molecular complexity index is 273. The van der Waals surface area contributed by atoms with Crippen LogP contribution < -0.4 is 0 Å². The summed E-state index contributed by atoms with van der Waals surface area (Å²) in [5.41, 5.74) is 0.187. The summed E-state index contributed by atoms with van der Waals surface area (Å²) in [7, 11) is 0. The van der Waals surface area contributed by atoms with Gasteiger partial charge in [-0.25, -0.2) is 4.79 Å². The number of hydrogen-bond acceptors (Lipinski definition) is 3. The summed E-state index contributed by atoms with van der Waals surface area (Å²) in [4.78, 5) is 13.0. The monoisotopic (exact) mass is 211 g/mol. The zero-order valence-electron chi connectivity index (χ0n) is 8.82. The van der Waals surface area contributed by atoms with Gasteiger partial charge >= 0.3 is 6.09 Å². The zero-order chi connectivity index (χ0) is 10.9. The van der Waals surface area contributed by atoms with Crippen molar-refractivity contribution in [3.8, 4) is 0 Å². The van der Waals surface area contributed by atoms with Gasteiger partial charge in [0.05, 0.1) is 0 Å². The first-order chi connectivity index (χ1) is 7.17. The van der Waals surface area contributed by atoms with Crippen molar-refractivity contribution in [3.05, 3.63) is 12.7 Å². The Morgan fingerprint density at radius 2 is 2.40 bits per heavy atom. The largest absolute Gasteiger partial charge is 0.445 e. The number of rotatable bonds is 2. The third kappa shape index (κ3) is 1.86. The van der Waals surface area contributed by atoms with E-state index in [2.05, 4.69) is 6.58 Å². The molecule has 0 aromatic heterocycles. The van der Waals surface area contributed by atoms with Crippen LogP contribution in [0.4, 0.5) is 4.79 Å². The van der Waals surface area contributed by atoms with Crippen LogP contribution >= 0.6 is 0 Å². The van der Waals surface area contributed by atoms with E-state index in [4.69, 9.17) is 4.74 Å². The van der Waals surface area contributed by atoms with Crippen LogP contribution in [0.15, 0.2) is 12.7 Å². The zero-order valence-corrected chi connectivity index (χ0v) is 8.82. The molecule has 0 radical (unpaired) electrons. The number of ether oxygens (including phenoxy) is 1. The van der Waals surface area contributed by atoms with Crippen LogP contribution in [0.3, 0.4) is 0 Å². The maximum absolute atomic E-state index is 11.5. The van der Waals surface area contributed by atoms with Gasteiger partial charge in [0.25, 0.3) is 0 Å². The molecule has 1 spiro atoms. The average molecular weight is 211 g/mol. The van der Waals surface area contributed by atoms with Crippen molar-refractivity contribution in [1.29, 1.82) is 0 Å². The van der Waals surface area contributed by atoms with Gasteiger partial charge in [0.2, 0.25) is 0 Å². The Kier molecular flexibility index (Phi) is 2.69. The molecule has 15 heavy (non-hydrogen) atoms. The fourth-order valence-corrected chi connectivity index (χ4v) is 2.47. The number of hydrogen-bond donors (Lipinski definition) is 1. The number of aliphatic hydroxyl groups is 1. The molecule has 4 heteroatoms. The molecular weight excluding hydrogens is 194 g/mol. The molecule has 1 atom stereocenters. The second-order valence-corrected chi connectivity index (χ2v) is 4.53. The number of amides is 1. The highest BCUT2D eigenvalue weighted by Crippen LogP contribution is 2.49. The number of aliphatic hydroxyl groups excluding tert-OH is 1.